The quantitative estimate of drug-likeness (QED) is 0.455. The molecule has 1 unspecified atom stereocenters. The van der Waals surface area contributed by atoms with E-state index in [-0.39, 0.29) is 30.2 Å². The summed E-state index contributed by atoms with van der Waals surface area (Å²) in [5.74, 6) is -0.111. The Kier molecular flexibility index (Phi) is 6.65. The first kappa shape index (κ1) is 23.4. The maximum absolute atomic E-state index is 12.8. The number of ether oxygens (including phenoxy) is 4. The van der Waals surface area contributed by atoms with Crippen LogP contribution >= 0.6 is 15.9 Å². The summed E-state index contributed by atoms with van der Waals surface area (Å²) in [7, 11) is 2.48. The number of rotatable bonds is 5. The lowest BCUT2D eigenvalue weighted by Crippen LogP contribution is -2.27. The van der Waals surface area contributed by atoms with Crippen molar-refractivity contribution in [2.24, 2.45) is 0 Å². The van der Waals surface area contributed by atoms with Crippen molar-refractivity contribution in [2.75, 3.05) is 21.0 Å². The van der Waals surface area contributed by atoms with E-state index in [4.69, 9.17) is 18.9 Å². The number of carbonyl (C=O) groups is 2. The largest absolute Gasteiger partial charge is 0.508 e. The van der Waals surface area contributed by atoms with Crippen LogP contribution in [0.5, 0.6) is 17.2 Å². The molecule has 0 radical (unpaired) electrons. The van der Waals surface area contributed by atoms with Gasteiger partial charge < -0.3 is 29.0 Å². The number of methoxy groups -OCH3 is 2. The van der Waals surface area contributed by atoms with Crippen LogP contribution in [0.15, 0.2) is 64.8 Å². The van der Waals surface area contributed by atoms with Crippen LogP contribution < -0.4 is 9.47 Å². The van der Waals surface area contributed by atoms with Gasteiger partial charge in [0.1, 0.15) is 5.75 Å². The maximum Gasteiger partial charge on any atom is 0.340 e. The molecule has 0 bridgehead atoms. The van der Waals surface area contributed by atoms with Crippen LogP contribution in [0, 0.1) is 0 Å². The maximum atomic E-state index is 12.8. The van der Waals surface area contributed by atoms with Gasteiger partial charge in [0.2, 0.25) is 6.79 Å². The summed E-state index contributed by atoms with van der Waals surface area (Å²) in [6.45, 7) is 4.41. The number of phenols is 1. The molecule has 0 saturated heterocycles. The molecule has 4 rings (SSSR count). The molecule has 1 atom stereocenters. The first-order valence-electron chi connectivity index (χ1n) is 10.3. The number of nitrogens with zero attached hydrogens (tertiary/aromatic N) is 1. The summed E-state index contributed by atoms with van der Waals surface area (Å²) in [6.07, 6.45) is 4.79. The zero-order chi connectivity index (χ0) is 24.4. The predicted octanol–water partition coefficient (Wildman–Crippen LogP) is 4.24. The van der Waals surface area contributed by atoms with E-state index < -0.39 is 18.0 Å². The molecule has 0 spiro atoms. The second kappa shape index (κ2) is 9.64. The minimum atomic E-state index is -0.698. The van der Waals surface area contributed by atoms with E-state index in [1.165, 1.54) is 20.3 Å². The third-order valence-corrected chi connectivity index (χ3v) is 6.30. The molecule has 2 heterocycles. The Labute approximate surface area is 204 Å². The van der Waals surface area contributed by atoms with Gasteiger partial charge in [0.15, 0.2) is 11.5 Å². The van der Waals surface area contributed by atoms with Crippen LogP contribution in [0.3, 0.4) is 0 Å². The number of halogens is 1. The minimum absolute atomic E-state index is 0.0248. The molecular formula is C25H22BrNO7. The molecule has 1 N–H and O–H groups in total. The van der Waals surface area contributed by atoms with Gasteiger partial charge in [-0.25, -0.2) is 9.59 Å². The Bertz CT molecular complexity index is 1230. The van der Waals surface area contributed by atoms with E-state index in [0.29, 0.717) is 22.6 Å². The first-order chi connectivity index (χ1) is 16.4. The van der Waals surface area contributed by atoms with Crippen molar-refractivity contribution in [1.29, 1.82) is 0 Å². The zero-order valence-electron chi connectivity index (χ0n) is 18.5. The fraction of sp³-hybridized carbons (Fsp3) is 0.200. The third kappa shape index (κ3) is 4.38. The van der Waals surface area contributed by atoms with Gasteiger partial charge in [0.05, 0.1) is 31.4 Å². The molecule has 8 nitrogen and oxygen atoms in total. The smallest absolute Gasteiger partial charge is 0.340 e. The lowest BCUT2D eigenvalue weighted by Gasteiger charge is -2.32. The Morgan fingerprint density at radius 3 is 2.50 bits per heavy atom. The first-order valence-corrected chi connectivity index (χ1v) is 11.0. The van der Waals surface area contributed by atoms with Gasteiger partial charge in [0.25, 0.3) is 0 Å². The molecule has 2 aromatic rings. The predicted molar refractivity (Wildman–Crippen MR) is 127 cm³/mol. The van der Waals surface area contributed by atoms with Crippen molar-refractivity contribution in [3.05, 3.63) is 81.5 Å². The highest BCUT2D eigenvalue weighted by Crippen LogP contribution is 2.40. The normalized spacial score (nSPS) is 16.4. The minimum Gasteiger partial charge on any atom is -0.508 e. The Morgan fingerprint density at radius 1 is 1.15 bits per heavy atom. The Morgan fingerprint density at radius 2 is 1.82 bits per heavy atom. The van der Waals surface area contributed by atoms with Crippen LogP contribution in [0.25, 0.3) is 6.08 Å². The van der Waals surface area contributed by atoms with Crippen LogP contribution in [-0.2, 0) is 25.6 Å². The second-order valence-electron chi connectivity index (χ2n) is 7.55. The molecule has 0 aliphatic carbocycles. The van der Waals surface area contributed by atoms with Crippen LogP contribution in [0.4, 0.5) is 0 Å². The molecule has 9 heteroatoms. The van der Waals surface area contributed by atoms with E-state index in [2.05, 4.69) is 22.5 Å². The van der Waals surface area contributed by atoms with Crippen molar-refractivity contribution in [3.8, 4) is 17.2 Å². The molecule has 0 fully saturated rings. The summed E-state index contributed by atoms with van der Waals surface area (Å²) in [6, 6.07) is 7.97. The van der Waals surface area contributed by atoms with Gasteiger partial charge in [0, 0.05) is 17.2 Å². The fourth-order valence-corrected chi connectivity index (χ4v) is 4.36. The van der Waals surface area contributed by atoms with Crippen LogP contribution in [0.1, 0.15) is 22.7 Å². The van der Waals surface area contributed by atoms with Gasteiger partial charge in [-0.1, -0.05) is 28.1 Å². The molecule has 0 aromatic heterocycles. The topological polar surface area (TPSA) is 94.5 Å². The van der Waals surface area contributed by atoms with Crippen molar-refractivity contribution in [1.82, 2.24) is 4.90 Å². The summed E-state index contributed by atoms with van der Waals surface area (Å²) in [4.78, 5) is 27.3. The van der Waals surface area contributed by atoms with Gasteiger partial charge in [-0.3, -0.25) is 0 Å². The van der Waals surface area contributed by atoms with Crippen LogP contribution in [-0.4, -0.2) is 43.0 Å². The number of hydrogen-bond acceptors (Lipinski definition) is 8. The summed E-state index contributed by atoms with van der Waals surface area (Å²) >= 11 is 3.58. The molecule has 176 valence electrons. The number of fused-ring (bicyclic) bond motifs is 2. The zero-order valence-corrected chi connectivity index (χ0v) is 20.1. The molecule has 2 aliphatic rings. The lowest BCUT2D eigenvalue weighted by molar-refractivity contribution is -0.139. The van der Waals surface area contributed by atoms with Gasteiger partial charge in [-0.2, -0.15) is 0 Å². The van der Waals surface area contributed by atoms with Gasteiger partial charge >= 0.3 is 11.9 Å². The SMILES string of the molecule is C=CC1c2cc(O)ccc2C=C(C(=O)OC)C(C(=O)OC)=CN1Cc1cc2c(cc1Br)OCO2. The van der Waals surface area contributed by atoms with Gasteiger partial charge in [-0.15, -0.1) is 6.58 Å². The Hall–Kier alpha value is -3.72. The van der Waals surface area contributed by atoms with E-state index in [9.17, 15) is 14.7 Å². The molecule has 0 saturated carbocycles. The fourth-order valence-electron chi connectivity index (χ4n) is 3.91. The van der Waals surface area contributed by atoms with E-state index in [1.807, 2.05) is 17.0 Å². The lowest BCUT2D eigenvalue weighted by atomic mass is 9.92. The number of benzene rings is 2. The van der Waals surface area contributed by atoms with Crippen molar-refractivity contribution >= 4 is 33.9 Å². The standard InChI is InChI=1S/C25H22BrNO7/c1-4-21-17-9-16(28)6-5-14(17)7-18(24(29)31-2)19(25(30)32-3)12-27(21)11-15-8-22-23(10-20(15)26)34-13-33-22/h4-10,12,21,28H,1,11,13H2,2-3H3. The molecular weight excluding hydrogens is 506 g/mol. The van der Waals surface area contributed by atoms with E-state index in [0.717, 1.165) is 10.0 Å². The molecule has 34 heavy (non-hydrogen) atoms. The Balaban J connectivity index is 1.92. The molecule has 2 aromatic carbocycles. The average Bonchev–Trinajstić information content (AvgIpc) is 3.27. The van der Waals surface area contributed by atoms with Gasteiger partial charge in [-0.05, 0) is 47.0 Å². The number of aromatic hydroxyl groups is 1. The second-order valence-corrected chi connectivity index (χ2v) is 8.40. The number of esters is 2. The monoisotopic (exact) mass is 527 g/mol. The van der Waals surface area contributed by atoms with Crippen molar-refractivity contribution in [3.63, 3.8) is 0 Å². The van der Waals surface area contributed by atoms with Crippen LogP contribution in [0.2, 0.25) is 0 Å². The number of carbonyl (C=O) groups excluding carboxylic acids is 2. The third-order valence-electron chi connectivity index (χ3n) is 5.56. The van der Waals surface area contributed by atoms with Crippen molar-refractivity contribution in [2.45, 2.75) is 12.6 Å². The molecule has 0 amide bonds. The summed E-state index contributed by atoms with van der Waals surface area (Å²) < 4.78 is 21.6. The van der Waals surface area contributed by atoms with Crippen molar-refractivity contribution < 1.29 is 33.6 Å². The summed E-state index contributed by atoms with van der Waals surface area (Å²) in [5, 5.41) is 10.2. The highest BCUT2D eigenvalue weighted by molar-refractivity contribution is 9.10. The molecule has 2 aliphatic heterocycles. The van der Waals surface area contributed by atoms with E-state index in [1.54, 1.807) is 30.5 Å². The average molecular weight is 528 g/mol. The number of hydrogen-bond donors (Lipinski definition) is 1. The number of phenolic OH excluding ortho intramolecular Hbond substituents is 1. The highest BCUT2D eigenvalue weighted by Gasteiger charge is 2.30. The van der Waals surface area contributed by atoms with E-state index >= 15 is 0 Å². The summed E-state index contributed by atoms with van der Waals surface area (Å²) in [5.41, 5.74) is 2.19. The highest BCUT2D eigenvalue weighted by atomic mass is 79.9.